The molecule has 7 heteroatoms. The summed E-state index contributed by atoms with van der Waals surface area (Å²) in [6.45, 7) is 33.6. The first-order valence-corrected chi connectivity index (χ1v) is 12.6. The molecule has 0 rings (SSSR count). The van der Waals surface area contributed by atoms with Crippen molar-refractivity contribution in [1.29, 1.82) is 0 Å². The van der Waals surface area contributed by atoms with Crippen LogP contribution in [0.5, 0.6) is 0 Å². The van der Waals surface area contributed by atoms with E-state index in [9.17, 15) is 0 Å². The summed E-state index contributed by atoms with van der Waals surface area (Å²) in [5.41, 5.74) is 0. The monoisotopic (exact) mass is 460 g/mol. The van der Waals surface area contributed by atoms with Crippen LogP contribution >= 0.6 is 0 Å². The lowest BCUT2D eigenvalue weighted by atomic mass is 10.2. The topological polar surface area (TPSA) is 80.3 Å². The second kappa shape index (κ2) is 20.6. The van der Waals surface area contributed by atoms with E-state index in [1.54, 1.807) is 0 Å². The second-order valence-corrected chi connectivity index (χ2v) is 8.69. The maximum atomic E-state index is 8.52. The molecule has 0 aromatic carbocycles. The standard InChI is InChI=1S/2C12H24N.H2O4S/c2*1-5-9-13(10-6-2,11-7-3)12-8-4;1-5(2,3)4/h2*5-6H,1-2,7-12H2,3-4H3;(H2,1,2,3,4)/q2*+1;/p-2. The molecule has 0 aliphatic rings. The lowest BCUT2D eigenvalue weighted by molar-refractivity contribution is -0.917. The Morgan fingerprint density at radius 3 is 0.839 bits per heavy atom. The van der Waals surface area contributed by atoms with Crippen molar-refractivity contribution in [1.82, 2.24) is 0 Å². The first-order valence-electron chi connectivity index (χ1n) is 11.3. The van der Waals surface area contributed by atoms with Gasteiger partial charge in [0.1, 0.15) is 0 Å². The average Bonchev–Trinajstić information content (AvgIpc) is 2.63. The van der Waals surface area contributed by atoms with E-state index in [0.29, 0.717) is 0 Å². The Bertz CT molecular complexity index is 494. The molecular weight excluding hydrogens is 412 g/mol. The van der Waals surface area contributed by atoms with Crippen LogP contribution < -0.4 is 0 Å². The van der Waals surface area contributed by atoms with Crippen LogP contribution in [0.25, 0.3) is 0 Å². The average molecular weight is 461 g/mol. The third kappa shape index (κ3) is 21.8. The zero-order valence-corrected chi connectivity index (χ0v) is 21.4. The van der Waals surface area contributed by atoms with E-state index in [4.69, 9.17) is 17.5 Å². The Kier molecular flexibility index (Phi) is 22.9. The molecule has 0 N–H and O–H groups in total. The molecule has 31 heavy (non-hydrogen) atoms. The van der Waals surface area contributed by atoms with Gasteiger partial charge in [-0.1, -0.05) is 54.0 Å². The quantitative estimate of drug-likeness (QED) is 0.145. The van der Waals surface area contributed by atoms with Gasteiger partial charge in [-0.2, -0.15) is 0 Å². The van der Waals surface area contributed by atoms with Gasteiger partial charge in [-0.05, 0) is 50.0 Å². The summed E-state index contributed by atoms with van der Waals surface area (Å²) in [5.74, 6) is 0. The van der Waals surface area contributed by atoms with Crippen molar-refractivity contribution in [3.63, 3.8) is 0 Å². The SMILES string of the molecule is C=CC[N+](CC=C)(CCC)CCC.C=CC[N+](CC=C)(CCC)CCC.O=S(=O)([O-])[O-]. The second-order valence-electron chi connectivity index (χ2n) is 7.87. The van der Waals surface area contributed by atoms with Crippen LogP contribution in [0.15, 0.2) is 50.6 Å². The fourth-order valence-electron chi connectivity index (χ4n) is 4.10. The summed E-state index contributed by atoms with van der Waals surface area (Å²) >= 11 is 0. The zero-order valence-electron chi connectivity index (χ0n) is 20.6. The van der Waals surface area contributed by atoms with E-state index in [2.05, 4.69) is 54.0 Å². The molecule has 0 saturated heterocycles. The summed E-state index contributed by atoms with van der Waals surface area (Å²) in [6.07, 6.45) is 13.1. The molecule has 0 bridgehead atoms. The molecule has 6 nitrogen and oxygen atoms in total. The van der Waals surface area contributed by atoms with Crippen molar-refractivity contribution in [2.24, 2.45) is 0 Å². The number of hydrogen-bond acceptors (Lipinski definition) is 4. The third-order valence-corrected chi connectivity index (χ3v) is 4.86. The third-order valence-electron chi connectivity index (χ3n) is 4.86. The largest absolute Gasteiger partial charge is 0.759 e. The van der Waals surface area contributed by atoms with Crippen molar-refractivity contribution in [3.05, 3.63) is 50.6 Å². The highest BCUT2D eigenvalue weighted by atomic mass is 32.3. The summed E-state index contributed by atoms with van der Waals surface area (Å²) in [6, 6.07) is 0. The highest BCUT2D eigenvalue weighted by Crippen LogP contribution is 2.11. The number of quaternary nitrogens is 2. The highest BCUT2D eigenvalue weighted by Gasteiger charge is 2.22. The van der Waals surface area contributed by atoms with E-state index >= 15 is 0 Å². The molecule has 184 valence electrons. The van der Waals surface area contributed by atoms with Gasteiger partial charge in [0.15, 0.2) is 0 Å². The lowest BCUT2D eigenvalue weighted by Crippen LogP contribution is -2.49. The van der Waals surface area contributed by atoms with Gasteiger partial charge in [-0.25, -0.2) is 0 Å². The number of rotatable bonds is 16. The van der Waals surface area contributed by atoms with Gasteiger partial charge in [-0.3, -0.25) is 8.42 Å². The number of hydrogen-bond donors (Lipinski definition) is 0. The summed E-state index contributed by atoms with van der Waals surface area (Å²) in [5, 5.41) is 0. The summed E-state index contributed by atoms with van der Waals surface area (Å²) in [4.78, 5) is 0. The first kappa shape index (κ1) is 34.4. The normalized spacial score (nSPS) is 11.3. The molecule has 0 radical (unpaired) electrons. The van der Waals surface area contributed by atoms with Gasteiger partial charge in [0.05, 0.1) is 52.4 Å². The molecule has 0 aliphatic carbocycles. The van der Waals surface area contributed by atoms with E-state index in [-0.39, 0.29) is 0 Å². The van der Waals surface area contributed by atoms with Crippen LogP contribution in [0, 0.1) is 0 Å². The molecule has 0 unspecified atom stereocenters. The van der Waals surface area contributed by atoms with E-state index < -0.39 is 10.4 Å². The van der Waals surface area contributed by atoms with E-state index in [0.717, 1.165) is 35.1 Å². The molecule has 0 spiro atoms. The Balaban J connectivity index is -0.000000416. The first-order chi connectivity index (χ1) is 14.5. The predicted molar refractivity (Wildman–Crippen MR) is 132 cm³/mol. The highest BCUT2D eigenvalue weighted by molar-refractivity contribution is 7.79. The Morgan fingerprint density at radius 2 is 0.742 bits per heavy atom. The van der Waals surface area contributed by atoms with E-state index in [1.165, 1.54) is 51.9 Å². The van der Waals surface area contributed by atoms with Gasteiger partial charge in [0.2, 0.25) is 0 Å². The van der Waals surface area contributed by atoms with Crippen molar-refractivity contribution in [3.8, 4) is 0 Å². The summed E-state index contributed by atoms with van der Waals surface area (Å²) in [7, 11) is -5.17. The van der Waals surface area contributed by atoms with Gasteiger partial charge < -0.3 is 18.1 Å². The maximum absolute atomic E-state index is 8.52. The van der Waals surface area contributed by atoms with Crippen LogP contribution in [0.1, 0.15) is 53.4 Å². The van der Waals surface area contributed by atoms with Crippen LogP contribution in [-0.4, -0.2) is 78.8 Å². The van der Waals surface area contributed by atoms with Gasteiger partial charge in [0.25, 0.3) is 0 Å². The minimum absolute atomic E-state index is 1.08. The Labute approximate surface area is 193 Å². The van der Waals surface area contributed by atoms with Crippen LogP contribution in [0.4, 0.5) is 0 Å². The van der Waals surface area contributed by atoms with E-state index in [1.807, 2.05) is 24.3 Å². The maximum Gasteiger partial charge on any atom is 0.0973 e. The fraction of sp³-hybridized carbons (Fsp3) is 0.667. The van der Waals surface area contributed by atoms with Gasteiger partial charge >= 0.3 is 0 Å². The van der Waals surface area contributed by atoms with Crippen molar-refractivity contribution < 1.29 is 26.5 Å². The molecule has 0 amide bonds. The fourth-order valence-corrected chi connectivity index (χ4v) is 4.10. The molecule has 0 aromatic heterocycles. The summed E-state index contributed by atoms with van der Waals surface area (Å²) < 4.78 is 36.4. The molecule has 0 aliphatic heterocycles. The Hall–Kier alpha value is -1.25. The minimum atomic E-state index is -5.17. The molecule has 0 saturated carbocycles. The van der Waals surface area contributed by atoms with Crippen LogP contribution in [-0.2, 0) is 10.4 Å². The molecule has 0 aromatic rings. The van der Waals surface area contributed by atoms with Gasteiger partial charge in [0, 0.05) is 10.4 Å². The molecular formula is C24H48N2O4S. The molecule has 0 atom stereocenters. The van der Waals surface area contributed by atoms with Gasteiger partial charge in [-0.15, -0.1) is 0 Å². The van der Waals surface area contributed by atoms with Crippen molar-refractivity contribution in [2.75, 3.05) is 52.4 Å². The lowest BCUT2D eigenvalue weighted by Gasteiger charge is -2.36. The zero-order chi connectivity index (χ0) is 24.8. The molecule has 0 fully saturated rings. The van der Waals surface area contributed by atoms with Crippen molar-refractivity contribution >= 4 is 10.4 Å². The molecule has 0 heterocycles. The van der Waals surface area contributed by atoms with Crippen LogP contribution in [0.3, 0.4) is 0 Å². The number of nitrogens with zero attached hydrogens (tertiary/aromatic N) is 2. The minimum Gasteiger partial charge on any atom is -0.759 e. The van der Waals surface area contributed by atoms with Crippen LogP contribution in [0.2, 0.25) is 0 Å². The Morgan fingerprint density at radius 1 is 0.581 bits per heavy atom. The van der Waals surface area contributed by atoms with Crippen molar-refractivity contribution in [2.45, 2.75) is 53.4 Å². The predicted octanol–water partition coefficient (Wildman–Crippen LogP) is 4.65. The smallest absolute Gasteiger partial charge is 0.0973 e.